The molecule has 0 aliphatic heterocycles. The van der Waals surface area contributed by atoms with Crippen LogP contribution in [0.1, 0.15) is 43.7 Å². The van der Waals surface area contributed by atoms with E-state index in [2.05, 4.69) is 37.8 Å². The van der Waals surface area contributed by atoms with Crippen LogP contribution in [0.2, 0.25) is 0 Å². The van der Waals surface area contributed by atoms with Crippen LogP contribution >= 0.6 is 0 Å². The fourth-order valence-electron chi connectivity index (χ4n) is 2.91. The zero-order chi connectivity index (χ0) is 12.3. The molecule has 0 spiro atoms. The summed E-state index contributed by atoms with van der Waals surface area (Å²) in [5.41, 5.74) is 3.39. The van der Waals surface area contributed by atoms with Crippen LogP contribution in [0.3, 0.4) is 0 Å². The minimum Gasteiger partial charge on any atom is -0.390 e. The summed E-state index contributed by atoms with van der Waals surface area (Å²) >= 11 is 0. The summed E-state index contributed by atoms with van der Waals surface area (Å²) in [5, 5.41) is 10.6. The number of rotatable bonds is 2. The molecule has 1 aromatic carbocycles. The lowest BCUT2D eigenvalue weighted by Gasteiger charge is -2.31. The third-order valence-corrected chi connectivity index (χ3v) is 3.71. The Kier molecular flexibility index (Phi) is 3.68. The van der Waals surface area contributed by atoms with Crippen molar-refractivity contribution in [1.29, 1.82) is 0 Å². The van der Waals surface area contributed by atoms with E-state index >= 15 is 0 Å². The Morgan fingerprint density at radius 3 is 2.71 bits per heavy atom. The van der Waals surface area contributed by atoms with Crippen molar-refractivity contribution < 1.29 is 5.11 Å². The Bertz CT molecular complexity index is 408. The van der Waals surface area contributed by atoms with E-state index in [9.17, 15) is 5.11 Å². The first-order chi connectivity index (χ1) is 8.13. The van der Waals surface area contributed by atoms with Crippen molar-refractivity contribution in [3.8, 4) is 0 Å². The van der Waals surface area contributed by atoms with Gasteiger partial charge in [-0.2, -0.15) is 0 Å². The predicted octanol–water partition coefficient (Wildman–Crippen LogP) is 3.65. The van der Waals surface area contributed by atoms with E-state index in [1.807, 2.05) is 0 Å². The monoisotopic (exact) mass is 230 g/mol. The van der Waals surface area contributed by atoms with Crippen molar-refractivity contribution in [3.05, 3.63) is 47.5 Å². The molecule has 0 saturated heterocycles. The molecule has 0 amide bonds. The molecule has 1 nitrogen and oxygen atoms in total. The minimum absolute atomic E-state index is 0.528. The van der Waals surface area contributed by atoms with Crippen molar-refractivity contribution in [1.82, 2.24) is 0 Å². The third-order valence-electron chi connectivity index (χ3n) is 3.71. The van der Waals surface area contributed by atoms with E-state index < -0.39 is 5.60 Å². The van der Waals surface area contributed by atoms with E-state index in [1.54, 1.807) is 0 Å². The van der Waals surface area contributed by atoms with Gasteiger partial charge in [-0.1, -0.05) is 49.8 Å². The van der Waals surface area contributed by atoms with Crippen molar-refractivity contribution in [2.45, 2.75) is 51.0 Å². The van der Waals surface area contributed by atoms with Gasteiger partial charge in [0.2, 0.25) is 0 Å². The van der Waals surface area contributed by atoms with Crippen molar-refractivity contribution >= 4 is 0 Å². The normalized spacial score (nSPS) is 24.9. The second-order valence-corrected chi connectivity index (χ2v) is 5.35. The Labute approximate surface area is 104 Å². The molecular weight excluding hydrogens is 208 g/mol. The molecule has 0 aromatic heterocycles. The molecule has 1 atom stereocenters. The van der Waals surface area contributed by atoms with Gasteiger partial charge < -0.3 is 5.11 Å². The van der Waals surface area contributed by atoms with E-state index in [0.29, 0.717) is 0 Å². The lowest BCUT2D eigenvalue weighted by molar-refractivity contribution is 0.0214. The van der Waals surface area contributed by atoms with Gasteiger partial charge in [-0.25, -0.2) is 0 Å². The topological polar surface area (TPSA) is 20.2 Å². The second-order valence-electron chi connectivity index (χ2n) is 5.35. The molecule has 1 aliphatic carbocycles. The molecule has 0 heterocycles. The van der Waals surface area contributed by atoms with E-state index in [-0.39, 0.29) is 0 Å². The van der Waals surface area contributed by atoms with Crippen LogP contribution in [0, 0.1) is 0 Å². The highest BCUT2D eigenvalue weighted by Gasteiger charge is 2.28. The number of hydrogen-bond acceptors (Lipinski definition) is 1. The summed E-state index contributed by atoms with van der Waals surface area (Å²) in [6, 6.07) is 8.54. The van der Waals surface area contributed by atoms with E-state index in [0.717, 1.165) is 44.1 Å². The zero-order valence-corrected chi connectivity index (χ0v) is 10.7. The van der Waals surface area contributed by atoms with Crippen LogP contribution in [0.4, 0.5) is 0 Å². The van der Waals surface area contributed by atoms with Crippen molar-refractivity contribution in [3.63, 3.8) is 0 Å². The SMILES string of the molecule is C=C1Cc2ccccc2CCC(O)(CCC)C1. The lowest BCUT2D eigenvalue weighted by Crippen LogP contribution is -2.31. The second kappa shape index (κ2) is 5.05. The van der Waals surface area contributed by atoms with Gasteiger partial charge in [-0.15, -0.1) is 0 Å². The summed E-state index contributed by atoms with van der Waals surface area (Å²) in [4.78, 5) is 0. The van der Waals surface area contributed by atoms with Crippen LogP contribution in [-0.2, 0) is 12.8 Å². The average molecular weight is 230 g/mol. The molecular formula is C16H22O. The number of aryl methyl sites for hydroxylation is 1. The van der Waals surface area contributed by atoms with Gasteiger partial charge in [0.15, 0.2) is 0 Å². The van der Waals surface area contributed by atoms with Crippen LogP contribution in [0.5, 0.6) is 0 Å². The number of fused-ring (bicyclic) bond motifs is 1. The number of benzene rings is 1. The first kappa shape index (κ1) is 12.4. The Hall–Kier alpha value is -1.08. The largest absolute Gasteiger partial charge is 0.390 e. The molecule has 0 saturated carbocycles. The van der Waals surface area contributed by atoms with Gasteiger partial charge in [-0.05, 0) is 43.2 Å². The Balaban J connectivity index is 2.24. The van der Waals surface area contributed by atoms with Crippen LogP contribution < -0.4 is 0 Å². The first-order valence-corrected chi connectivity index (χ1v) is 6.59. The number of aliphatic hydroxyl groups is 1. The molecule has 0 radical (unpaired) electrons. The fourth-order valence-corrected chi connectivity index (χ4v) is 2.91. The molecule has 2 rings (SSSR count). The predicted molar refractivity (Wildman–Crippen MR) is 72.1 cm³/mol. The molecule has 1 aromatic rings. The van der Waals surface area contributed by atoms with Gasteiger partial charge in [0, 0.05) is 0 Å². The highest BCUT2D eigenvalue weighted by atomic mass is 16.3. The molecule has 1 heteroatoms. The van der Waals surface area contributed by atoms with E-state index in [4.69, 9.17) is 0 Å². The highest BCUT2D eigenvalue weighted by molar-refractivity contribution is 5.32. The number of hydrogen-bond donors (Lipinski definition) is 1. The van der Waals surface area contributed by atoms with Gasteiger partial charge >= 0.3 is 0 Å². The van der Waals surface area contributed by atoms with Crippen LogP contribution in [0.25, 0.3) is 0 Å². The highest BCUT2D eigenvalue weighted by Crippen LogP contribution is 2.32. The van der Waals surface area contributed by atoms with Gasteiger partial charge in [-0.3, -0.25) is 0 Å². The van der Waals surface area contributed by atoms with Gasteiger partial charge in [0.25, 0.3) is 0 Å². The molecule has 1 unspecified atom stereocenters. The summed E-state index contributed by atoms with van der Waals surface area (Å²) < 4.78 is 0. The molecule has 0 bridgehead atoms. The average Bonchev–Trinajstić information content (AvgIpc) is 2.26. The maximum atomic E-state index is 10.6. The van der Waals surface area contributed by atoms with Crippen LogP contribution in [0.15, 0.2) is 36.4 Å². The van der Waals surface area contributed by atoms with Crippen molar-refractivity contribution in [2.75, 3.05) is 0 Å². The van der Waals surface area contributed by atoms with Crippen molar-refractivity contribution in [2.24, 2.45) is 0 Å². The lowest BCUT2D eigenvalue weighted by atomic mass is 9.80. The summed E-state index contributed by atoms with van der Waals surface area (Å²) in [7, 11) is 0. The summed E-state index contributed by atoms with van der Waals surface area (Å²) in [6.45, 7) is 6.26. The van der Waals surface area contributed by atoms with Gasteiger partial charge in [0.1, 0.15) is 0 Å². The smallest absolute Gasteiger partial charge is 0.0687 e. The Morgan fingerprint density at radius 1 is 1.29 bits per heavy atom. The summed E-state index contributed by atoms with van der Waals surface area (Å²) in [6.07, 6.45) is 5.44. The van der Waals surface area contributed by atoms with E-state index in [1.165, 1.54) is 11.1 Å². The molecule has 1 N–H and O–H groups in total. The maximum absolute atomic E-state index is 10.6. The molecule has 0 fully saturated rings. The molecule has 1 aliphatic rings. The Morgan fingerprint density at radius 2 is 2.00 bits per heavy atom. The minimum atomic E-state index is -0.528. The van der Waals surface area contributed by atoms with Crippen LogP contribution in [-0.4, -0.2) is 10.7 Å². The summed E-state index contributed by atoms with van der Waals surface area (Å²) in [5.74, 6) is 0. The quantitative estimate of drug-likeness (QED) is 0.769. The standard InChI is InChI=1S/C16H22O/c1-3-9-16(17)10-8-14-6-4-5-7-15(14)11-13(2)12-16/h4-7,17H,2-3,8-12H2,1H3. The molecule has 92 valence electrons. The fraction of sp³-hybridized carbons (Fsp3) is 0.500. The third kappa shape index (κ3) is 2.98. The molecule has 17 heavy (non-hydrogen) atoms. The zero-order valence-electron chi connectivity index (χ0n) is 10.7. The first-order valence-electron chi connectivity index (χ1n) is 6.59. The van der Waals surface area contributed by atoms with Gasteiger partial charge in [0.05, 0.1) is 5.60 Å². The maximum Gasteiger partial charge on any atom is 0.0687 e.